The van der Waals surface area contributed by atoms with Crippen molar-refractivity contribution in [2.45, 2.75) is 6.92 Å². The Morgan fingerprint density at radius 3 is 2.47 bits per heavy atom. The number of hydrogen-bond acceptors (Lipinski definition) is 1. The molecule has 1 nitrogen and oxygen atoms in total. The lowest BCUT2D eigenvalue weighted by atomic mass is 10.1. The predicted molar refractivity (Wildman–Crippen MR) is 64.4 cm³/mol. The number of halogens is 2. The van der Waals surface area contributed by atoms with E-state index in [4.69, 9.17) is 23.2 Å². The maximum absolute atomic E-state index is 6.09. The van der Waals surface area contributed by atoms with E-state index in [9.17, 15) is 0 Å². The van der Waals surface area contributed by atoms with Crippen molar-refractivity contribution in [3.63, 3.8) is 0 Å². The first-order chi connectivity index (χ1) is 7.16. The van der Waals surface area contributed by atoms with Gasteiger partial charge >= 0.3 is 0 Å². The third-order valence-corrected chi connectivity index (χ3v) is 2.70. The normalized spacial score (nSPS) is 10.3. The smallest absolute Gasteiger partial charge is 0.0499 e. The number of nitrogens with zero attached hydrogens (tertiary/aromatic N) is 1. The van der Waals surface area contributed by atoms with E-state index in [1.54, 1.807) is 6.07 Å². The van der Waals surface area contributed by atoms with Crippen molar-refractivity contribution in [2.75, 3.05) is 0 Å². The van der Waals surface area contributed by atoms with E-state index in [1.807, 2.05) is 37.4 Å². The topological polar surface area (TPSA) is 12.9 Å². The number of aromatic nitrogens is 1. The van der Waals surface area contributed by atoms with Crippen LogP contribution in [0.4, 0.5) is 0 Å². The summed E-state index contributed by atoms with van der Waals surface area (Å²) in [6.45, 7) is 1.95. The van der Waals surface area contributed by atoms with E-state index < -0.39 is 0 Å². The molecule has 0 aliphatic carbocycles. The molecule has 1 heterocycles. The van der Waals surface area contributed by atoms with Gasteiger partial charge < -0.3 is 0 Å². The number of pyridine rings is 1. The largest absolute Gasteiger partial charge is 0.261 e. The molecule has 3 heteroatoms. The van der Waals surface area contributed by atoms with Gasteiger partial charge in [-0.2, -0.15) is 0 Å². The van der Waals surface area contributed by atoms with E-state index >= 15 is 0 Å². The minimum atomic E-state index is 0.642. The molecule has 0 fully saturated rings. The minimum Gasteiger partial charge on any atom is -0.261 e. The van der Waals surface area contributed by atoms with E-state index in [2.05, 4.69) is 4.98 Å². The van der Waals surface area contributed by atoms with Crippen LogP contribution in [0, 0.1) is 6.92 Å². The molecule has 0 radical (unpaired) electrons. The van der Waals surface area contributed by atoms with Gasteiger partial charge in [-0.15, -0.1) is 0 Å². The molecular formula is C12H9Cl2N. The van der Waals surface area contributed by atoms with E-state index in [0.29, 0.717) is 10.0 Å². The lowest BCUT2D eigenvalue weighted by Gasteiger charge is -2.04. The van der Waals surface area contributed by atoms with Gasteiger partial charge in [-0.1, -0.05) is 35.3 Å². The van der Waals surface area contributed by atoms with Crippen LogP contribution in [0.2, 0.25) is 10.0 Å². The SMILES string of the molecule is Cc1ccc(-c2ccc(Cl)cc2Cl)cn1. The first-order valence-corrected chi connectivity index (χ1v) is 5.30. The molecule has 0 unspecified atom stereocenters. The summed E-state index contributed by atoms with van der Waals surface area (Å²) in [6.07, 6.45) is 1.81. The van der Waals surface area contributed by atoms with Gasteiger partial charge in [-0.3, -0.25) is 4.98 Å². The number of benzene rings is 1. The minimum absolute atomic E-state index is 0.642. The lowest BCUT2D eigenvalue weighted by Crippen LogP contribution is -1.83. The van der Waals surface area contributed by atoms with Crippen LogP contribution < -0.4 is 0 Å². The number of hydrogen-bond donors (Lipinski definition) is 0. The van der Waals surface area contributed by atoms with E-state index in [-0.39, 0.29) is 0 Å². The maximum atomic E-state index is 6.09. The van der Waals surface area contributed by atoms with Crippen LogP contribution >= 0.6 is 23.2 Å². The summed E-state index contributed by atoms with van der Waals surface area (Å²) in [7, 11) is 0. The summed E-state index contributed by atoms with van der Waals surface area (Å²) < 4.78 is 0. The summed E-state index contributed by atoms with van der Waals surface area (Å²) in [5, 5.41) is 1.29. The first-order valence-electron chi connectivity index (χ1n) is 4.55. The molecule has 0 bridgehead atoms. The monoisotopic (exact) mass is 237 g/mol. The van der Waals surface area contributed by atoms with Crippen molar-refractivity contribution < 1.29 is 0 Å². The second-order valence-corrected chi connectivity index (χ2v) is 4.16. The van der Waals surface area contributed by atoms with Gasteiger partial charge in [0.05, 0.1) is 0 Å². The summed E-state index contributed by atoms with van der Waals surface area (Å²) in [5.74, 6) is 0. The average molecular weight is 238 g/mol. The van der Waals surface area contributed by atoms with Crippen molar-refractivity contribution in [3.8, 4) is 11.1 Å². The molecule has 0 saturated carbocycles. The second-order valence-electron chi connectivity index (χ2n) is 3.31. The third-order valence-electron chi connectivity index (χ3n) is 2.15. The highest BCUT2D eigenvalue weighted by atomic mass is 35.5. The van der Waals surface area contributed by atoms with Gasteiger partial charge in [0, 0.05) is 33.1 Å². The van der Waals surface area contributed by atoms with Crippen LogP contribution in [-0.2, 0) is 0 Å². The molecule has 1 aromatic carbocycles. The molecule has 76 valence electrons. The number of rotatable bonds is 1. The number of aryl methyl sites for hydroxylation is 1. The summed E-state index contributed by atoms with van der Waals surface area (Å²) in [6, 6.07) is 9.41. The van der Waals surface area contributed by atoms with Crippen molar-refractivity contribution in [2.24, 2.45) is 0 Å². The molecule has 0 aliphatic rings. The molecule has 0 spiro atoms. The van der Waals surface area contributed by atoms with Crippen molar-refractivity contribution in [1.82, 2.24) is 4.98 Å². The maximum Gasteiger partial charge on any atom is 0.0499 e. The summed E-state index contributed by atoms with van der Waals surface area (Å²) in [5.41, 5.74) is 2.94. The van der Waals surface area contributed by atoms with E-state index in [0.717, 1.165) is 16.8 Å². The molecule has 0 N–H and O–H groups in total. The van der Waals surface area contributed by atoms with Crippen molar-refractivity contribution in [3.05, 3.63) is 52.3 Å². The Labute approximate surface area is 98.7 Å². The van der Waals surface area contributed by atoms with E-state index in [1.165, 1.54) is 0 Å². The molecule has 0 amide bonds. The van der Waals surface area contributed by atoms with Crippen molar-refractivity contribution >= 4 is 23.2 Å². The average Bonchev–Trinajstić information content (AvgIpc) is 2.20. The molecule has 0 saturated heterocycles. The Morgan fingerprint density at radius 1 is 1.07 bits per heavy atom. The molecule has 0 atom stereocenters. The van der Waals surface area contributed by atoms with Gasteiger partial charge in [-0.05, 0) is 25.1 Å². The Bertz CT molecular complexity index is 477. The molecule has 1 aromatic heterocycles. The predicted octanol–water partition coefficient (Wildman–Crippen LogP) is 4.36. The van der Waals surface area contributed by atoms with Crippen LogP contribution in [0.25, 0.3) is 11.1 Å². The second kappa shape index (κ2) is 4.21. The molecule has 15 heavy (non-hydrogen) atoms. The lowest BCUT2D eigenvalue weighted by molar-refractivity contribution is 1.20. The fraction of sp³-hybridized carbons (Fsp3) is 0.0833. The van der Waals surface area contributed by atoms with Crippen LogP contribution in [0.5, 0.6) is 0 Å². The van der Waals surface area contributed by atoms with Gasteiger partial charge in [0.1, 0.15) is 0 Å². The third kappa shape index (κ3) is 2.31. The van der Waals surface area contributed by atoms with Crippen LogP contribution in [-0.4, -0.2) is 4.98 Å². The highest BCUT2D eigenvalue weighted by molar-refractivity contribution is 6.36. The zero-order valence-corrected chi connectivity index (χ0v) is 9.68. The fourth-order valence-electron chi connectivity index (χ4n) is 1.35. The van der Waals surface area contributed by atoms with Crippen LogP contribution in [0.1, 0.15) is 5.69 Å². The molecule has 2 aromatic rings. The van der Waals surface area contributed by atoms with Crippen LogP contribution in [0.15, 0.2) is 36.5 Å². The molecule has 2 rings (SSSR count). The Balaban J connectivity index is 2.49. The van der Waals surface area contributed by atoms with Gasteiger partial charge in [0.25, 0.3) is 0 Å². The quantitative estimate of drug-likeness (QED) is 0.719. The Morgan fingerprint density at radius 2 is 1.87 bits per heavy atom. The molecule has 0 aliphatic heterocycles. The Kier molecular flexibility index (Phi) is 2.94. The fourth-order valence-corrected chi connectivity index (χ4v) is 1.87. The van der Waals surface area contributed by atoms with Gasteiger partial charge in [-0.25, -0.2) is 0 Å². The first kappa shape index (κ1) is 10.5. The highest BCUT2D eigenvalue weighted by Gasteiger charge is 2.03. The summed E-state index contributed by atoms with van der Waals surface area (Å²) in [4.78, 5) is 4.23. The van der Waals surface area contributed by atoms with Crippen molar-refractivity contribution in [1.29, 1.82) is 0 Å². The highest BCUT2D eigenvalue weighted by Crippen LogP contribution is 2.29. The zero-order chi connectivity index (χ0) is 10.8. The van der Waals surface area contributed by atoms with Gasteiger partial charge in [0.2, 0.25) is 0 Å². The standard InChI is InChI=1S/C12H9Cl2N/c1-8-2-3-9(7-15-8)11-5-4-10(13)6-12(11)14/h2-7H,1H3. The van der Waals surface area contributed by atoms with Crippen LogP contribution in [0.3, 0.4) is 0 Å². The Hall–Kier alpha value is -1.05. The zero-order valence-electron chi connectivity index (χ0n) is 8.17. The van der Waals surface area contributed by atoms with Gasteiger partial charge in [0.15, 0.2) is 0 Å². The summed E-state index contributed by atoms with van der Waals surface area (Å²) >= 11 is 11.9. The molecular weight excluding hydrogens is 229 g/mol.